The number of H-pyrrole nitrogens is 1. The van der Waals surface area contributed by atoms with Crippen LogP contribution in [0.2, 0.25) is 0 Å². The first-order chi connectivity index (χ1) is 21.3. The van der Waals surface area contributed by atoms with E-state index in [1.807, 2.05) is 12.1 Å². The number of aromatic nitrogens is 2. The minimum Gasteiger partial charge on any atom is -0.267 e. The maximum Gasteiger partial charge on any atom is 0.272 e. The highest BCUT2D eigenvalue weighted by Crippen LogP contribution is 2.23. The number of nitrogens with one attached hydrogen (secondary N) is 1. The van der Waals surface area contributed by atoms with Crippen LogP contribution in [0.4, 0.5) is 4.39 Å². The van der Waals surface area contributed by atoms with E-state index < -0.39 is 0 Å². The number of rotatable bonds is 30. The van der Waals surface area contributed by atoms with E-state index in [-0.39, 0.29) is 12.2 Å². The molecule has 0 aliphatic heterocycles. The van der Waals surface area contributed by atoms with E-state index in [0.717, 1.165) is 48.6 Å². The summed E-state index contributed by atoms with van der Waals surface area (Å²) < 4.78 is 12.2. The van der Waals surface area contributed by atoms with Gasteiger partial charge in [0.15, 0.2) is 0 Å². The maximum absolute atomic E-state index is 12.5. The predicted octanol–water partition coefficient (Wildman–Crippen LogP) is 12.5. The molecule has 246 valence electrons. The number of hydrogen-bond acceptors (Lipinski definition) is 2. The summed E-state index contributed by atoms with van der Waals surface area (Å²) in [6, 6.07) is 6.20. The van der Waals surface area contributed by atoms with Crippen LogP contribution in [0.15, 0.2) is 23.0 Å². The molecular weight excluding hydrogens is 531 g/mol. The van der Waals surface area contributed by atoms with E-state index in [4.69, 9.17) is 0 Å². The number of hydrogen-bond donors (Lipinski definition) is 1. The quantitative estimate of drug-likeness (QED) is 0.0909. The van der Waals surface area contributed by atoms with Gasteiger partial charge in [-0.15, -0.1) is 0 Å². The van der Waals surface area contributed by atoms with Crippen molar-refractivity contribution in [3.05, 3.63) is 39.8 Å². The number of fused-ring (bicyclic) bond motifs is 1. The van der Waals surface area contributed by atoms with Crippen LogP contribution in [0.3, 0.4) is 0 Å². The molecule has 0 saturated carbocycles. The minimum absolute atomic E-state index is 0.0676. The van der Waals surface area contributed by atoms with Crippen molar-refractivity contribution < 1.29 is 4.39 Å². The van der Waals surface area contributed by atoms with Gasteiger partial charge in [0.2, 0.25) is 0 Å². The summed E-state index contributed by atoms with van der Waals surface area (Å²) in [7, 11) is 0. The Hall–Kier alpha value is -1.71. The molecule has 0 bridgehead atoms. The van der Waals surface area contributed by atoms with Crippen molar-refractivity contribution in [2.45, 2.75) is 193 Å². The molecule has 1 N–H and O–H groups in total. The van der Waals surface area contributed by atoms with Crippen molar-refractivity contribution in [3.8, 4) is 0 Å². The van der Waals surface area contributed by atoms with Crippen molar-refractivity contribution in [2.24, 2.45) is 0 Å². The third-order valence-corrected chi connectivity index (χ3v) is 9.32. The van der Waals surface area contributed by atoms with Crippen LogP contribution >= 0.6 is 0 Å². The number of unbranched alkanes of at least 4 members (excludes halogenated alkanes) is 25. The molecule has 0 unspecified atom stereocenters. The molecule has 1 aromatic heterocycles. The van der Waals surface area contributed by atoms with Crippen LogP contribution in [0.1, 0.15) is 192 Å². The average Bonchev–Trinajstić information content (AvgIpc) is 3.02. The van der Waals surface area contributed by atoms with Gasteiger partial charge in [0.05, 0.1) is 17.8 Å². The molecule has 1 heterocycles. The number of halogens is 1. The van der Waals surface area contributed by atoms with E-state index in [1.165, 1.54) is 153 Å². The Labute approximate surface area is 264 Å². The van der Waals surface area contributed by atoms with Crippen molar-refractivity contribution >= 4 is 10.8 Å². The predicted molar refractivity (Wildman–Crippen MR) is 186 cm³/mol. The third-order valence-electron chi connectivity index (χ3n) is 9.32. The zero-order chi connectivity index (χ0) is 30.6. The van der Waals surface area contributed by atoms with Gasteiger partial charge >= 0.3 is 0 Å². The van der Waals surface area contributed by atoms with Gasteiger partial charge in [0.1, 0.15) is 0 Å². The van der Waals surface area contributed by atoms with Crippen LogP contribution in [-0.4, -0.2) is 16.9 Å². The monoisotopic (exact) mass is 599 g/mol. The van der Waals surface area contributed by atoms with E-state index in [2.05, 4.69) is 23.2 Å². The minimum atomic E-state index is -0.179. The van der Waals surface area contributed by atoms with Gasteiger partial charge in [0, 0.05) is 5.39 Å². The zero-order valence-corrected chi connectivity index (χ0v) is 28.2. The van der Waals surface area contributed by atoms with Gasteiger partial charge in [-0.2, -0.15) is 5.10 Å². The van der Waals surface area contributed by atoms with Gasteiger partial charge in [-0.25, -0.2) is 5.10 Å². The van der Waals surface area contributed by atoms with E-state index in [0.29, 0.717) is 6.42 Å². The summed E-state index contributed by atoms with van der Waals surface area (Å²) in [6.07, 6.45) is 37.4. The molecule has 0 radical (unpaired) electrons. The fourth-order valence-corrected chi connectivity index (χ4v) is 6.60. The number of nitrogens with zero attached hydrogens (tertiary/aromatic N) is 1. The lowest BCUT2D eigenvalue weighted by Gasteiger charge is -2.11. The van der Waals surface area contributed by atoms with Gasteiger partial charge in [-0.05, 0) is 43.7 Å². The molecule has 2 aromatic rings. The van der Waals surface area contributed by atoms with Gasteiger partial charge in [-0.1, -0.05) is 173 Å². The Morgan fingerprint density at radius 2 is 0.977 bits per heavy atom. The second kappa shape index (κ2) is 26.7. The van der Waals surface area contributed by atoms with Crippen LogP contribution in [0.25, 0.3) is 10.8 Å². The lowest BCUT2D eigenvalue weighted by molar-refractivity contribution is 0.449. The number of aryl methyl sites for hydroxylation is 2. The fraction of sp³-hybridized carbons (Fsp3) is 0.795. The smallest absolute Gasteiger partial charge is 0.267 e. The standard InChI is InChI=1S/C39H67FN2O/c1-2-3-4-5-6-7-8-9-10-11-12-13-14-15-16-17-20-23-26-30-35-31-29-32-36-38(35)37(41-42-39(36)43)33-27-24-21-18-19-22-25-28-34-40/h29,31-32H,2-28,30,33-34H2,1H3,(H,42,43). The second-order valence-corrected chi connectivity index (χ2v) is 13.2. The van der Waals surface area contributed by atoms with E-state index in [9.17, 15) is 9.18 Å². The zero-order valence-electron chi connectivity index (χ0n) is 28.2. The lowest BCUT2D eigenvalue weighted by Crippen LogP contribution is -2.12. The molecule has 0 atom stereocenters. The van der Waals surface area contributed by atoms with Crippen LogP contribution in [0.5, 0.6) is 0 Å². The summed E-state index contributed by atoms with van der Waals surface area (Å²) in [4.78, 5) is 12.5. The average molecular weight is 599 g/mol. The third kappa shape index (κ3) is 18.0. The molecule has 0 aliphatic rings. The van der Waals surface area contributed by atoms with Gasteiger partial charge in [0.25, 0.3) is 5.56 Å². The van der Waals surface area contributed by atoms with Crippen LogP contribution in [0, 0.1) is 0 Å². The molecule has 43 heavy (non-hydrogen) atoms. The topological polar surface area (TPSA) is 45.8 Å². The lowest BCUT2D eigenvalue weighted by atomic mass is 9.96. The molecule has 4 heteroatoms. The molecule has 0 spiro atoms. The Morgan fingerprint density at radius 3 is 1.44 bits per heavy atom. The summed E-state index contributed by atoms with van der Waals surface area (Å²) >= 11 is 0. The molecule has 1 aromatic carbocycles. The molecule has 0 aliphatic carbocycles. The van der Waals surface area contributed by atoms with E-state index >= 15 is 0 Å². The maximum atomic E-state index is 12.5. The van der Waals surface area contributed by atoms with Gasteiger partial charge in [-0.3, -0.25) is 9.18 Å². The number of alkyl halides is 1. The van der Waals surface area contributed by atoms with Crippen molar-refractivity contribution in [3.63, 3.8) is 0 Å². The summed E-state index contributed by atoms with van der Waals surface area (Å²) in [5.41, 5.74) is 2.29. The fourth-order valence-electron chi connectivity index (χ4n) is 6.60. The SMILES string of the molecule is CCCCCCCCCCCCCCCCCCCCCc1cccc2c(=O)[nH]nc(CCCCCCCCCCF)c12. The number of aromatic amines is 1. The molecule has 2 rings (SSSR count). The van der Waals surface area contributed by atoms with Gasteiger partial charge < -0.3 is 0 Å². The van der Waals surface area contributed by atoms with Crippen LogP contribution < -0.4 is 5.56 Å². The molecule has 3 nitrogen and oxygen atoms in total. The normalized spacial score (nSPS) is 11.6. The first-order valence-corrected chi connectivity index (χ1v) is 18.8. The van der Waals surface area contributed by atoms with E-state index in [1.54, 1.807) is 0 Å². The highest BCUT2D eigenvalue weighted by Gasteiger charge is 2.11. The molecule has 0 saturated heterocycles. The van der Waals surface area contributed by atoms with Crippen molar-refractivity contribution in [2.75, 3.05) is 6.67 Å². The Balaban J connectivity index is 1.53. The Kier molecular flexibility index (Phi) is 23.2. The van der Waals surface area contributed by atoms with Crippen molar-refractivity contribution in [1.82, 2.24) is 10.2 Å². The highest BCUT2D eigenvalue weighted by molar-refractivity contribution is 5.86. The summed E-state index contributed by atoms with van der Waals surface area (Å²) in [5, 5.41) is 9.15. The molecule has 0 amide bonds. The Morgan fingerprint density at radius 1 is 0.558 bits per heavy atom. The van der Waals surface area contributed by atoms with Crippen molar-refractivity contribution in [1.29, 1.82) is 0 Å². The molecule has 0 fully saturated rings. The molecular formula is C39H67FN2O. The summed E-state index contributed by atoms with van der Waals surface area (Å²) in [6.45, 7) is 2.11. The highest BCUT2D eigenvalue weighted by atomic mass is 19.1. The Bertz CT molecular complexity index is 971. The summed E-state index contributed by atoms with van der Waals surface area (Å²) in [5.74, 6) is 0. The first kappa shape index (κ1) is 37.5. The number of benzene rings is 1. The van der Waals surface area contributed by atoms with Crippen LogP contribution in [-0.2, 0) is 12.8 Å². The first-order valence-electron chi connectivity index (χ1n) is 18.8. The second-order valence-electron chi connectivity index (χ2n) is 13.2. The largest absolute Gasteiger partial charge is 0.272 e.